The molecule has 2 aliphatic rings. The number of alkyl halides is 1. The van der Waals surface area contributed by atoms with E-state index in [2.05, 4.69) is 20.8 Å². The summed E-state index contributed by atoms with van der Waals surface area (Å²) in [6, 6.07) is 0.203. The highest BCUT2D eigenvalue weighted by Crippen LogP contribution is 2.36. The summed E-state index contributed by atoms with van der Waals surface area (Å²) in [5.41, 5.74) is 0. The summed E-state index contributed by atoms with van der Waals surface area (Å²) in [5.74, 6) is 1.58. The number of nitrogens with zero attached hydrogens (tertiary/aromatic N) is 1. The van der Waals surface area contributed by atoms with Crippen molar-refractivity contribution in [3.05, 3.63) is 0 Å². The Morgan fingerprint density at radius 2 is 1.94 bits per heavy atom. The molecule has 6 atom stereocenters. The molecule has 2 rings (SSSR count). The van der Waals surface area contributed by atoms with Gasteiger partial charge in [0.25, 0.3) is 0 Å². The first-order chi connectivity index (χ1) is 8.47. The van der Waals surface area contributed by atoms with Crippen molar-refractivity contribution in [1.29, 1.82) is 0 Å². The molecule has 104 valence electrons. The number of carbonyl (C=O) groups is 1. The maximum absolute atomic E-state index is 12.7. The summed E-state index contributed by atoms with van der Waals surface area (Å²) < 4.78 is 5.78. The third-order valence-electron chi connectivity index (χ3n) is 4.85. The summed E-state index contributed by atoms with van der Waals surface area (Å²) >= 11 is 6.02. The van der Waals surface area contributed by atoms with Gasteiger partial charge in [-0.25, -0.2) is 0 Å². The number of ether oxygens (including phenoxy) is 1. The topological polar surface area (TPSA) is 29.5 Å². The maximum Gasteiger partial charge on any atom is 0.228 e. The Kier molecular flexibility index (Phi) is 4.22. The lowest BCUT2D eigenvalue weighted by atomic mass is 9.88. The normalized spacial score (nSPS) is 44.6. The fraction of sp³-hybridized carbons (Fsp3) is 0.929. The van der Waals surface area contributed by atoms with E-state index >= 15 is 0 Å². The van der Waals surface area contributed by atoms with Crippen LogP contribution in [0, 0.1) is 17.8 Å². The molecule has 2 aliphatic heterocycles. The van der Waals surface area contributed by atoms with E-state index in [0.29, 0.717) is 17.7 Å². The number of amides is 1. The smallest absolute Gasteiger partial charge is 0.228 e. The van der Waals surface area contributed by atoms with Crippen molar-refractivity contribution in [1.82, 2.24) is 4.90 Å². The number of halogens is 1. The van der Waals surface area contributed by atoms with Crippen LogP contribution >= 0.6 is 11.6 Å². The molecular formula is C14H24ClNO2. The predicted octanol–water partition coefficient (Wildman–Crippen LogP) is 2.52. The van der Waals surface area contributed by atoms with Gasteiger partial charge in [0, 0.05) is 18.5 Å². The lowest BCUT2D eigenvalue weighted by molar-refractivity contribution is -0.138. The monoisotopic (exact) mass is 273 g/mol. The Morgan fingerprint density at radius 1 is 1.28 bits per heavy atom. The van der Waals surface area contributed by atoms with Crippen LogP contribution in [-0.4, -0.2) is 41.5 Å². The second kappa shape index (κ2) is 5.38. The molecule has 0 bridgehead atoms. The van der Waals surface area contributed by atoms with Crippen molar-refractivity contribution in [2.45, 2.75) is 52.4 Å². The van der Waals surface area contributed by atoms with Crippen molar-refractivity contribution in [2.75, 3.05) is 12.4 Å². The van der Waals surface area contributed by atoms with Gasteiger partial charge in [0.2, 0.25) is 5.91 Å². The maximum atomic E-state index is 12.7. The Morgan fingerprint density at radius 3 is 2.44 bits per heavy atom. The first-order valence-corrected chi connectivity index (χ1v) is 7.52. The Bertz CT molecular complexity index is 323. The SMILES string of the molecule is CC1CCN(C(=O)C2C(C)OC(C)C2C)C1CCl. The molecule has 4 heteroatoms. The highest BCUT2D eigenvalue weighted by atomic mass is 35.5. The van der Waals surface area contributed by atoms with Gasteiger partial charge in [-0.1, -0.05) is 13.8 Å². The van der Waals surface area contributed by atoms with E-state index in [0.717, 1.165) is 13.0 Å². The highest BCUT2D eigenvalue weighted by molar-refractivity contribution is 6.18. The fourth-order valence-electron chi connectivity index (χ4n) is 3.40. The zero-order chi connectivity index (χ0) is 13.4. The minimum absolute atomic E-state index is 0.00369. The lowest BCUT2D eigenvalue weighted by Gasteiger charge is -2.30. The van der Waals surface area contributed by atoms with Crippen LogP contribution in [0.5, 0.6) is 0 Å². The molecule has 2 saturated heterocycles. The van der Waals surface area contributed by atoms with Gasteiger partial charge in [-0.05, 0) is 32.1 Å². The molecule has 0 aromatic carbocycles. The molecule has 18 heavy (non-hydrogen) atoms. The second-order valence-electron chi connectivity index (χ2n) is 5.95. The molecule has 3 nitrogen and oxygen atoms in total. The Hall–Kier alpha value is -0.280. The van der Waals surface area contributed by atoms with Crippen LogP contribution < -0.4 is 0 Å². The van der Waals surface area contributed by atoms with Crippen LogP contribution in [0.4, 0.5) is 0 Å². The standard InChI is InChI=1S/C14H24ClNO2/c1-8-5-6-16(12(8)7-15)14(17)13-9(2)10(3)18-11(13)4/h8-13H,5-7H2,1-4H3. The van der Waals surface area contributed by atoms with Crippen molar-refractivity contribution in [3.8, 4) is 0 Å². The van der Waals surface area contributed by atoms with E-state index in [4.69, 9.17) is 16.3 Å². The van der Waals surface area contributed by atoms with E-state index in [1.807, 2.05) is 11.8 Å². The van der Waals surface area contributed by atoms with Gasteiger partial charge in [0.05, 0.1) is 18.1 Å². The fourth-order valence-corrected chi connectivity index (χ4v) is 3.87. The molecule has 2 heterocycles. The number of rotatable bonds is 2. The average molecular weight is 274 g/mol. The summed E-state index contributed by atoms with van der Waals surface area (Å²) in [7, 11) is 0. The Labute approximate surface area is 115 Å². The van der Waals surface area contributed by atoms with Crippen LogP contribution in [0.15, 0.2) is 0 Å². The zero-order valence-corrected chi connectivity index (χ0v) is 12.5. The van der Waals surface area contributed by atoms with E-state index in [1.165, 1.54) is 0 Å². The molecule has 0 spiro atoms. The predicted molar refractivity (Wildman–Crippen MR) is 72.7 cm³/mol. The summed E-state index contributed by atoms with van der Waals surface area (Å²) in [5, 5.41) is 0. The quantitative estimate of drug-likeness (QED) is 0.724. The van der Waals surface area contributed by atoms with Crippen LogP contribution in [0.1, 0.15) is 34.1 Å². The Balaban J connectivity index is 2.12. The molecule has 0 aromatic rings. The molecular weight excluding hydrogens is 250 g/mol. The van der Waals surface area contributed by atoms with Crippen LogP contribution in [0.25, 0.3) is 0 Å². The van der Waals surface area contributed by atoms with E-state index in [9.17, 15) is 4.79 Å². The van der Waals surface area contributed by atoms with Gasteiger partial charge in [0.1, 0.15) is 0 Å². The highest BCUT2D eigenvalue weighted by Gasteiger charge is 2.46. The van der Waals surface area contributed by atoms with Crippen molar-refractivity contribution < 1.29 is 9.53 Å². The minimum Gasteiger partial charge on any atom is -0.374 e. The van der Waals surface area contributed by atoms with Gasteiger partial charge in [-0.2, -0.15) is 0 Å². The number of likely N-dealkylation sites (tertiary alicyclic amines) is 1. The van der Waals surface area contributed by atoms with Gasteiger partial charge in [-0.3, -0.25) is 4.79 Å². The second-order valence-corrected chi connectivity index (χ2v) is 6.26. The number of carbonyl (C=O) groups excluding carboxylic acids is 1. The molecule has 2 fully saturated rings. The number of hydrogen-bond donors (Lipinski definition) is 0. The van der Waals surface area contributed by atoms with Crippen molar-refractivity contribution in [3.63, 3.8) is 0 Å². The van der Waals surface area contributed by atoms with E-state index < -0.39 is 0 Å². The summed E-state index contributed by atoms with van der Waals surface area (Å²) in [4.78, 5) is 14.7. The van der Waals surface area contributed by atoms with Crippen LogP contribution in [-0.2, 0) is 9.53 Å². The average Bonchev–Trinajstić information content (AvgIpc) is 2.80. The molecule has 0 aromatic heterocycles. The van der Waals surface area contributed by atoms with Gasteiger partial charge < -0.3 is 9.64 Å². The molecule has 6 unspecified atom stereocenters. The third kappa shape index (κ3) is 2.27. The molecule has 0 N–H and O–H groups in total. The third-order valence-corrected chi connectivity index (χ3v) is 5.17. The summed E-state index contributed by atoms with van der Waals surface area (Å²) in [6.45, 7) is 9.21. The van der Waals surface area contributed by atoms with Gasteiger partial charge in [0.15, 0.2) is 0 Å². The first kappa shape index (κ1) is 14.1. The summed E-state index contributed by atoms with van der Waals surface area (Å²) in [6.07, 6.45) is 1.26. The van der Waals surface area contributed by atoms with Crippen molar-refractivity contribution in [2.24, 2.45) is 17.8 Å². The van der Waals surface area contributed by atoms with Gasteiger partial charge in [-0.15, -0.1) is 11.6 Å². The zero-order valence-electron chi connectivity index (χ0n) is 11.7. The molecule has 0 aliphatic carbocycles. The lowest BCUT2D eigenvalue weighted by Crippen LogP contribution is -2.45. The van der Waals surface area contributed by atoms with Gasteiger partial charge >= 0.3 is 0 Å². The minimum atomic E-state index is -0.00369. The van der Waals surface area contributed by atoms with E-state index in [-0.39, 0.29) is 30.1 Å². The molecule has 1 amide bonds. The molecule has 0 saturated carbocycles. The molecule has 0 radical (unpaired) electrons. The largest absolute Gasteiger partial charge is 0.374 e. The van der Waals surface area contributed by atoms with Crippen LogP contribution in [0.2, 0.25) is 0 Å². The first-order valence-electron chi connectivity index (χ1n) is 6.99. The van der Waals surface area contributed by atoms with E-state index in [1.54, 1.807) is 0 Å². The number of hydrogen-bond acceptors (Lipinski definition) is 2. The van der Waals surface area contributed by atoms with Crippen LogP contribution in [0.3, 0.4) is 0 Å². The van der Waals surface area contributed by atoms with Crippen molar-refractivity contribution >= 4 is 17.5 Å².